The van der Waals surface area contributed by atoms with Crippen molar-refractivity contribution in [2.75, 3.05) is 0 Å². The van der Waals surface area contributed by atoms with Crippen LogP contribution < -0.4 is 0 Å². The van der Waals surface area contributed by atoms with E-state index in [0.29, 0.717) is 12.3 Å². The van der Waals surface area contributed by atoms with E-state index in [1.165, 1.54) is 0 Å². The molecule has 0 saturated heterocycles. The first-order valence-electron chi connectivity index (χ1n) is 11.0. The van der Waals surface area contributed by atoms with Crippen molar-refractivity contribution in [3.05, 3.63) is 35.5 Å². The molecule has 0 amide bonds. The molecular weight excluding hydrogens is 384 g/mol. The Morgan fingerprint density at radius 1 is 1.27 bits per heavy atom. The number of carbonyl (C=O) groups excluding carboxylic acids is 1. The number of carbonyl (C=O) groups is 2. The van der Waals surface area contributed by atoms with E-state index >= 15 is 0 Å². The summed E-state index contributed by atoms with van der Waals surface area (Å²) < 4.78 is 5.96. The van der Waals surface area contributed by atoms with Crippen molar-refractivity contribution in [3.8, 4) is 0 Å². The van der Waals surface area contributed by atoms with Crippen molar-refractivity contribution in [3.63, 3.8) is 0 Å². The van der Waals surface area contributed by atoms with E-state index in [2.05, 4.69) is 32.1 Å². The second-order valence-corrected chi connectivity index (χ2v) is 8.87. The molecule has 2 aliphatic carbocycles. The standard InChI is InChI=1S/C24H36O6/c1-5-15(3)24(29)30-21-11-14(2)10-17-7-6-16(4)20(23(17)21)9-8-18(25)12-19(26)13-22(27)28/h6-7,9-10,14-16,18-19,21,23,25-26H,5,8,11-13H2,1-4H3,(H,27,28)/b20-9+/t14-,15-,16-,18+,19+,21-,23-/m0/s1. The van der Waals surface area contributed by atoms with Gasteiger partial charge in [0.1, 0.15) is 6.10 Å². The summed E-state index contributed by atoms with van der Waals surface area (Å²) in [5.74, 6) is -0.990. The summed E-state index contributed by atoms with van der Waals surface area (Å²) in [4.78, 5) is 23.2. The topological polar surface area (TPSA) is 104 Å². The van der Waals surface area contributed by atoms with E-state index in [-0.39, 0.29) is 42.7 Å². The van der Waals surface area contributed by atoms with Gasteiger partial charge < -0.3 is 20.1 Å². The molecule has 2 aliphatic rings. The molecule has 30 heavy (non-hydrogen) atoms. The minimum Gasteiger partial charge on any atom is -0.481 e. The van der Waals surface area contributed by atoms with Gasteiger partial charge >= 0.3 is 11.9 Å². The van der Waals surface area contributed by atoms with E-state index in [0.717, 1.165) is 24.0 Å². The van der Waals surface area contributed by atoms with Crippen LogP contribution in [-0.2, 0) is 14.3 Å². The van der Waals surface area contributed by atoms with Gasteiger partial charge in [0.05, 0.1) is 24.5 Å². The third-order valence-electron chi connectivity index (χ3n) is 6.14. The number of carboxylic acid groups (broad SMARTS) is 1. The maximum atomic E-state index is 12.5. The molecule has 0 heterocycles. The van der Waals surface area contributed by atoms with Crippen LogP contribution >= 0.6 is 0 Å². The van der Waals surface area contributed by atoms with Gasteiger partial charge in [-0.15, -0.1) is 0 Å². The van der Waals surface area contributed by atoms with Crippen LogP contribution in [0.5, 0.6) is 0 Å². The van der Waals surface area contributed by atoms with E-state index in [9.17, 15) is 19.8 Å². The van der Waals surface area contributed by atoms with Gasteiger partial charge in [0.2, 0.25) is 0 Å². The van der Waals surface area contributed by atoms with Crippen molar-refractivity contribution < 1.29 is 29.6 Å². The van der Waals surface area contributed by atoms with E-state index in [1.807, 2.05) is 19.9 Å². The van der Waals surface area contributed by atoms with Gasteiger partial charge in [0, 0.05) is 12.3 Å². The first-order valence-corrected chi connectivity index (χ1v) is 11.0. The van der Waals surface area contributed by atoms with Crippen molar-refractivity contribution in [1.82, 2.24) is 0 Å². The molecule has 0 unspecified atom stereocenters. The number of hydrogen-bond acceptors (Lipinski definition) is 5. The lowest BCUT2D eigenvalue weighted by atomic mass is 9.70. The Morgan fingerprint density at radius 3 is 2.60 bits per heavy atom. The fraction of sp³-hybridized carbons (Fsp3) is 0.667. The predicted octanol–water partition coefficient (Wildman–Crippen LogP) is 3.64. The summed E-state index contributed by atoms with van der Waals surface area (Å²) in [7, 11) is 0. The Morgan fingerprint density at radius 2 is 1.97 bits per heavy atom. The minimum atomic E-state index is -1.09. The highest BCUT2D eigenvalue weighted by Crippen LogP contribution is 2.43. The number of ether oxygens (including phenoxy) is 1. The van der Waals surface area contributed by atoms with Crippen LogP contribution in [-0.4, -0.2) is 45.6 Å². The van der Waals surface area contributed by atoms with Crippen LogP contribution in [0.1, 0.15) is 59.8 Å². The predicted molar refractivity (Wildman–Crippen MR) is 115 cm³/mol. The number of aliphatic carboxylic acids is 1. The van der Waals surface area contributed by atoms with Gasteiger partial charge in [-0.1, -0.05) is 57.6 Å². The molecule has 0 saturated carbocycles. The fourth-order valence-electron chi connectivity index (χ4n) is 4.26. The Kier molecular flexibility index (Phi) is 8.86. The van der Waals surface area contributed by atoms with Crippen molar-refractivity contribution in [1.29, 1.82) is 0 Å². The molecule has 0 aromatic carbocycles. The van der Waals surface area contributed by atoms with E-state index < -0.39 is 18.2 Å². The lowest BCUT2D eigenvalue weighted by molar-refractivity contribution is -0.156. The number of esters is 1. The Balaban J connectivity index is 2.19. The van der Waals surface area contributed by atoms with Gasteiger partial charge in [0.25, 0.3) is 0 Å². The number of aliphatic hydroxyl groups excluding tert-OH is 2. The summed E-state index contributed by atoms with van der Waals surface area (Å²) in [6, 6.07) is 0. The largest absolute Gasteiger partial charge is 0.481 e. The number of hydrogen-bond donors (Lipinski definition) is 3. The number of allylic oxidation sites excluding steroid dienone is 3. The Labute approximate surface area is 179 Å². The quantitative estimate of drug-likeness (QED) is 0.389. The molecule has 6 nitrogen and oxygen atoms in total. The second-order valence-electron chi connectivity index (χ2n) is 8.87. The average Bonchev–Trinajstić information content (AvgIpc) is 2.65. The van der Waals surface area contributed by atoms with Gasteiger partial charge in [-0.2, -0.15) is 0 Å². The smallest absolute Gasteiger partial charge is 0.308 e. The highest BCUT2D eigenvalue weighted by Gasteiger charge is 2.38. The zero-order valence-corrected chi connectivity index (χ0v) is 18.5. The molecule has 0 bridgehead atoms. The number of fused-ring (bicyclic) bond motifs is 1. The lowest BCUT2D eigenvalue weighted by Gasteiger charge is -2.39. The average molecular weight is 421 g/mol. The Hall–Kier alpha value is -1.92. The molecule has 2 rings (SSSR count). The lowest BCUT2D eigenvalue weighted by Crippen LogP contribution is -2.37. The van der Waals surface area contributed by atoms with Crippen molar-refractivity contribution in [2.45, 2.75) is 78.1 Å². The summed E-state index contributed by atoms with van der Waals surface area (Å²) in [5, 5.41) is 28.8. The molecule has 0 radical (unpaired) electrons. The van der Waals surface area contributed by atoms with Crippen LogP contribution in [0.2, 0.25) is 0 Å². The molecule has 0 spiro atoms. The normalized spacial score (nSPS) is 30.2. The molecule has 3 N–H and O–H groups in total. The molecule has 0 fully saturated rings. The van der Waals surface area contributed by atoms with Gasteiger partial charge in [-0.3, -0.25) is 9.59 Å². The first kappa shape index (κ1) is 24.4. The van der Waals surface area contributed by atoms with Gasteiger partial charge in [-0.25, -0.2) is 0 Å². The molecule has 0 aliphatic heterocycles. The first-order chi connectivity index (χ1) is 14.1. The zero-order valence-electron chi connectivity index (χ0n) is 18.5. The molecule has 0 aromatic heterocycles. The van der Waals surface area contributed by atoms with Crippen LogP contribution in [0, 0.1) is 23.7 Å². The van der Waals surface area contributed by atoms with E-state index in [1.54, 1.807) is 0 Å². The monoisotopic (exact) mass is 420 g/mol. The number of aliphatic hydroxyl groups is 2. The summed E-state index contributed by atoms with van der Waals surface area (Å²) in [5.41, 5.74) is 2.24. The summed E-state index contributed by atoms with van der Waals surface area (Å²) in [6.45, 7) is 8.05. The maximum Gasteiger partial charge on any atom is 0.308 e. The molecule has 6 heteroatoms. The molecule has 168 valence electrons. The van der Waals surface area contributed by atoms with Crippen LogP contribution in [0.4, 0.5) is 0 Å². The number of carboxylic acids is 1. The third-order valence-corrected chi connectivity index (χ3v) is 6.14. The van der Waals surface area contributed by atoms with E-state index in [4.69, 9.17) is 9.84 Å². The van der Waals surface area contributed by atoms with Crippen LogP contribution in [0.25, 0.3) is 0 Å². The zero-order chi connectivity index (χ0) is 22.4. The number of rotatable bonds is 9. The van der Waals surface area contributed by atoms with Crippen molar-refractivity contribution >= 4 is 11.9 Å². The van der Waals surface area contributed by atoms with Crippen molar-refractivity contribution in [2.24, 2.45) is 23.7 Å². The SMILES string of the molecule is CC[C@H](C)C(=O)O[C@H]1C[C@@H](C)C=C2C=C[C@H](C)/C(=C\C[C@@H](O)C[C@@H](O)CC(=O)O)[C@H]21. The second kappa shape index (κ2) is 10.9. The highest BCUT2D eigenvalue weighted by molar-refractivity contribution is 5.72. The summed E-state index contributed by atoms with van der Waals surface area (Å²) in [6.07, 6.45) is 7.72. The fourth-order valence-corrected chi connectivity index (χ4v) is 4.26. The highest BCUT2D eigenvalue weighted by atomic mass is 16.5. The Bertz CT molecular complexity index is 706. The van der Waals surface area contributed by atoms with Crippen LogP contribution in [0.3, 0.4) is 0 Å². The molecule has 0 aromatic rings. The maximum absolute atomic E-state index is 12.5. The molecular formula is C24H36O6. The summed E-state index contributed by atoms with van der Waals surface area (Å²) >= 11 is 0. The molecule has 7 atom stereocenters. The van der Waals surface area contributed by atoms with Crippen LogP contribution in [0.15, 0.2) is 35.5 Å². The third kappa shape index (κ3) is 6.54. The van der Waals surface area contributed by atoms with Gasteiger partial charge in [0.15, 0.2) is 0 Å². The van der Waals surface area contributed by atoms with Gasteiger partial charge in [-0.05, 0) is 36.7 Å². The minimum absolute atomic E-state index is 0.0110.